The summed E-state index contributed by atoms with van der Waals surface area (Å²) in [6, 6.07) is 3.79. The van der Waals surface area contributed by atoms with Crippen LogP contribution in [-0.4, -0.2) is 21.3 Å². The van der Waals surface area contributed by atoms with Gasteiger partial charge in [0.2, 0.25) is 0 Å². The topological polar surface area (TPSA) is 50.2 Å². The molecule has 82 valence electrons. The van der Waals surface area contributed by atoms with Crippen molar-refractivity contribution in [1.29, 1.82) is 0 Å². The van der Waals surface area contributed by atoms with E-state index in [1.165, 1.54) is 0 Å². The molecule has 1 rings (SSSR count). The Labute approximate surface area is 101 Å². The zero-order valence-electron chi connectivity index (χ0n) is 8.31. The first-order valence-corrected chi connectivity index (χ1v) is 6.26. The van der Waals surface area contributed by atoms with Gasteiger partial charge in [-0.25, -0.2) is 4.98 Å². The molecule has 0 bridgehead atoms. The highest BCUT2D eigenvalue weighted by molar-refractivity contribution is 9.10. The normalized spacial score (nSPS) is 12.4. The highest BCUT2D eigenvalue weighted by atomic mass is 79.9. The standard InChI is InChI=1S/C10H12BrNO2S/c1-7(4-5-9(13)14)15-10-8(11)3-2-6-12-10/h2-3,6-7H,4-5H2,1H3,(H,13,14). The number of pyridine rings is 1. The lowest BCUT2D eigenvalue weighted by Gasteiger charge is -2.09. The van der Waals surface area contributed by atoms with Crippen molar-refractivity contribution >= 4 is 33.7 Å². The van der Waals surface area contributed by atoms with Crippen LogP contribution in [0.25, 0.3) is 0 Å². The largest absolute Gasteiger partial charge is 0.481 e. The van der Waals surface area contributed by atoms with Gasteiger partial charge in [-0.2, -0.15) is 0 Å². The van der Waals surface area contributed by atoms with Gasteiger partial charge in [0.25, 0.3) is 0 Å². The zero-order chi connectivity index (χ0) is 11.3. The van der Waals surface area contributed by atoms with Gasteiger partial charge in [-0.15, -0.1) is 11.8 Å². The predicted octanol–water partition coefficient (Wildman–Crippen LogP) is 3.19. The molecule has 1 unspecified atom stereocenters. The molecule has 1 atom stereocenters. The number of halogens is 1. The molecule has 0 aromatic carbocycles. The number of carboxylic acids is 1. The summed E-state index contributed by atoms with van der Waals surface area (Å²) < 4.78 is 0.956. The van der Waals surface area contributed by atoms with Crippen molar-refractivity contribution in [2.75, 3.05) is 0 Å². The Morgan fingerprint density at radius 1 is 1.73 bits per heavy atom. The quantitative estimate of drug-likeness (QED) is 0.846. The molecule has 1 heterocycles. The summed E-state index contributed by atoms with van der Waals surface area (Å²) in [5.74, 6) is -0.748. The molecule has 0 spiro atoms. The molecular weight excluding hydrogens is 278 g/mol. The third-order valence-corrected chi connectivity index (χ3v) is 3.89. The Hall–Kier alpha value is -0.550. The van der Waals surface area contributed by atoms with Gasteiger partial charge in [-0.05, 0) is 34.5 Å². The smallest absolute Gasteiger partial charge is 0.303 e. The molecule has 0 radical (unpaired) electrons. The Kier molecular flexibility index (Phi) is 5.11. The van der Waals surface area contributed by atoms with Gasteiger partial charge >= 0.3 is 5.97 Å². The summed E-state index contributed by atoms with van der Waals surface area (Å²) in [5, 5.41) is 9.72. The molecule has 5 heteroatoms. The molecule has 0 amide bonds. The number of carboxylic acid groups (broad SMARTS) is 1. The van der Waals surface area contributed by atoms with Crippen LogP contribution < -0.4 is 0 Å². The maximum Gasteiger partial charge on any atom is 0.303 e. The van der Waals surface area contributed by atoms with Crippen molar-refractivity contribution in [2.45, 2.75) is 30.0 Å². The number of rotatable bonds is 5. The summed E-state index contributed by atoms with van der Waals surface area (Å²) >= 11 is 5.00. The van der Waals surface area contributed by atoms with Crippen molar-refractivity contribution in [3.8, 4) is 0 Å². The predicted molar refractivity (Wildman–Crippen MR) is 64.1 cm³/mol. The fourth-order valence-electron chi connectivity index (χ4n) is 1.03. The van der Waals surface area contributed by atoms with E-state index < -0.39 is 5.97 Å². The van der Waals surface area contributed by atoms with Gasteiger partial charge < -0.3 is 5.11 Å². The lowest BCUT2D eigenvalue weighted by atomic mass is 10.2. The first-order valence-electron chi connectivity index (χ1n) is 4.58. The number of hydrogen-bond acceptors (Lipinski definition) is 3. The van der Waals surface area contributed by atoms with Crippen LogP contribution in [0.4, 0.5) is 0 Å². The van der Waals surface area contributed by atoms with Crippen LogP contribution in [0.2, 0.25) is 0 Å². The van der Waals surface area contributed by atoms with Gasteiger partial charge in [0.05, 0.1) is 0 Å². The summed E-state index contributed by atoms with van der Waals surface area (Å²) in [7, 11) is 0. The second-order valence-corrected chi connectivity index (χ2v) is 5.43. The Bertz CT molecular complexity index is 346. The molecule has 3 nitrogen and oxygen atoms in total. The van der Waals surface area contributed by atoms with Crippen LogP contribution in [0.5, 0.6) is 0 Å². The highest BCUT2D eigenvalue weighted by Crippen LogP contribution is 2.29. The minimum absolute atomic E-state index is 0.207. The molecule has 15 heavy (non-hydrogen) atoms. The van der Waals surface area contributed by atoms with Crippen molar-refractivity contribution in [3.05, 3.63) is 22.8 Å². The number of aliphatic carboxylic acids is 1. The van der Waals surface area contributed by atoms with E-state index in [1.807, 2.05) is 19.1 Å². The molecule has 0 aliphatic heterocycles. The number of nitrogens with zero attached hydrogens (tertiary/aromatic N) is 1. The summed E-state index contributed by atoms with van der Waals surface area (Å²) in [4.78, 5) is 14.6. The fourth-order valence-corrected chi connectivity index (χ4v) is 2.49. The minimum Gasteiger partial charge on any atom is -0.481 e. The highest BCUT2D eigenvalue weighted by Gasteiger charge is 2.09. The van der Waals surface area contributed by atoms with E-state index in [9.17, 15) is 4.79 Å². The Morgan fingerprint density at radius 2 is 2.47 bits per heavy atom. The van der Waals surface area contributed by atoms with Crippen molar-refractivity contribution in [1.82, 2.24) is 4.98 Å². The van der Waals surface area contributed by atoms with Crippen LogP contribution in [0.15, 0.2) is 27.8 Å². The monoisotopic (exact) mass is 289 g/mol. The van der Waals surface area contributed by atoms with E-state index in [0.717, 1.165) is 9.50 Å². The average Bonchev–Trinajstić information content (AvgIpc) is 2.18. The van der Waals surface area contributed by atoms with Crippen molar-refractivity contribution in [2.24, 2.45) is 0 Å². The van der Waals surface area contributed by atoms with E-state index in [-0.39, 0.29) is 11.7 Å². The van der Waals surface area contributed by atoms with E-state index >= 15 is 0 Å². The third-order valence-electron chi connectivity index (χ3n) is 1.80. The minimum atomic E-state index is -0.748. The van der Waals surface area contributed by atoms with Gasteiger partial charge in [0.15, 0.2) is 0 Å². The maximum absolute atomic E-state index is 10.4. The van der Waals surface area contributed by atoms with Crippen LogP contribution in [0, 0.1) is 0 Å². The molecule has 0 saturated carbocycles. The van der Waals surface area contributed by atoms with Crippen LogP contribution in [0.3, 0.4) is 0 Å². The zero-order valence-corrected chi connectivity index (χ0v) is 10.7. The molecular formula is C10H12BrNO2S. The molecule has 1 aromatic rings. The molecule has 0 saturated heterocycles. The number of carbonyl (C=O) groups is 1. The first kappa shape index (κ1) is 12.5. The lowest BCUT2D eigenvalue weighted by Crippen LogP contribution is -2.02. The first-order chi connectivity index (χ1) is 7.09. The van der Waals surface area contributed by atoms with Gasteiger partial charge in [-0.3, -0.25) is 4.79 Å². The number of aromatic nitrogens is 1. The van der Waals surface area contributed by atoms with E-state index in [4.69, 9.17) is 5.11 Å². The van der Waals surface area contributed by atoms with Crippen LogP contribution >= 0.6 is 27.7 Å². The van der Waals surface area contributed by atoms with Crippen molar-refractivity contribution in [3.63, 3.8) is 0 Å². The molecule has 1 N–H and O–H groups in total. The van der Waals surface area contributed by atoms with Gasteiger partial charge in [0, 0.05) is 22.3 Å². The number of thioether (sulfide) groups is 1. The lowest BCUT2D eigenvalue weighted by molar-refractivity contribution is -0.137. The second-order valence-electron chi connectivity index (χ2n) is 3.15. The second kappa shape index (κ2) is 6.12. The molecule has 0 aliphatic carbocycles. The Morgan fingerprint density at radius 3 is 3.07 bits per heavy atom. The maximum atomic E-state index is 10.4. The van der Waals surface area contributed by atoms with E-state index in [1.54, 1.807) is 18.0 Å². The van der Waals surface area contributed by atoms with Crippen LogP contribution in [-0.2, 0) is 4.79 Å². The third kappa shape index (κ3) is 4.66. The Balaban J connectivity index is 2.47. The SMILES string of the molecule is CC(CCC(=O)O)Sc1ncccc1Br. The average molecular weight is 290 g/mol. The fraction of sp³-hybridized carbons (Fsp3) is 0.400. The summed E-state index contributed by atoms with van der Waals surface area (Å²) in [6.45, 7) is 2.01. The number of hydrogen-bond donors (Lipinski definition) is 1. The molecule has 0 aliphatic rings. The summed E-state index contributed by atoms with van der Waals surface area (Å²) in [5.41, 5.74) is 0. The van der Waals surface area contributed by atoms with Crippen LogP contribution in [0.1, 0.15) is 19.8 Å². The van der Waals surface area contributed by atoms with Gasteiger partial charge in [0.1, 0.15) is 5.03 Å². The van der Waals surface area contributed by atoms with Gasteiger partial charge in [-0.1, -0.05) is 6.92 Å². The summed E-state index contributed by atoms with van der Waals surface area (Å²) in [6.07, 6.45) is 2.60. The molecule has 0 fully saturated rings. The van der Waals surface area contributed by atoms with Crippen molar-refractivity contribution < 1.29 is 9.90 Å². The van der Waals surface area contributed by atoms with E-state index in [2.05, 4.69) is 20.9 Å². The van der Waals surface area contributed by atoms with E-state index in [0.29, 0.717) is 6.42 Å². The molecule has 1 aromatic heterocycles.